The number of nitrogens with zero attached hydrogens (tertiary/aromatic N) is 3. The Morgan fingerprint density at radius 1 is 1.32 bits per heavy atom. The van der Waals surface area contributed by atoms with Crippen LogP contribution >= 0.6 is 0 Å². The molecule has 1 amide bonds. The van der Waals surface area contributed by atoms with Crippen LogP contribution in [-0.4, -0.2) is 61.4 Å². The summed E-state index contributed by atoms with van der Waals surface area (Å²) in [6.07, 6.45) is 2.57. The van der Waals surface area contributed by atoms with Crippen LogP contribution in [0.2, 0.25) is 0 Å². The number of hydrogen-bond donors (Lipinski definition) is 0. The van der Waals surface area contributed by atoms with Crippen molar-refractivity contribution in [2.75, 3.05) is 32.1 Å². The largest absolute Gasteiger partial charge is 0.378 e. The lowest BCUT2D eigenvalue weighted by atomic mass is 10.2. The molecule has 0 unspecified atom stereocenters. The van der Waals surface area contributed by atoms with Gasteiger partial charge in [-0.25, -0.2) is 8.42 Å². The van der Waals surface area contributed by atoms with Gasteiger partial charge in [-0.05, 0) is 6.42 Å². The van der Waals surface area contributed by atoms with Gasteiger partial charge in [0.1, 0.15) is 11.5 Å². The Labute approximate surface area is 129 Å². The molecular weight excluding hydrogens is 310 g/mol. The van der Waals surface area contributed by atoms with Crippen molar-refractivity contribution in [2.24, 2.45) is 0 Å². The molecule has 22 heavy (non-hydrogen) atoms. The molecule has 0 radical (unpaired) electrons. The zero-order valence-corrected chi connectivity index (χ0v) is 13.5. The first-order valence-corrected chi connectivity index (χ1v) is 9.19. The molecular formula is C13H21N3O5S. The predicted octanol–water partition coefficient (Wildman–Crippen LogP) is 0.186. The van der Waals surface area contributed by atoms with Gasteiger partial charge in [0.15, 0.2) is 15.7 Å². The van der Waals surface area contributed by atoms with Crippen LogP contribution in [0, 0.1) is 0 Å². The first kappa shape index (κ1) is 16.9. The summed E-state index contributed by atoms with van der Waals surface area (Å²) in [6, 6.07) is 0. The minimum absolute atomic E-state index is 0.0425. The summed E-state index contributed by atoms with van der Waals surface area (Å²) in [4.78, 5) is 17.5. The minimum Gasteiger partial charge on any atom is -0.378 e. The molecule has 0 N–H and O–H groups in total. The highest BCUT2D eigenvalue weighted by Crippen LogP contribution is 2.08. The molecule has 0 aliphatic carbocycles. The molecule has 1 aromatic heterocycles. The van der Waals surface area contributed by atoms with Gasteiger partial charge in [-0.2, -0.15) is 4.98 Å². The fourth-order valence-corrected chi connectivity index (χ4v) is 3.27. The van der Waals surface area contributed by atoms with Crippen molar-refractivity contribution < 1.29 is 22.5 Å². The number of morpholine rings is 1. The zero-order chi connectivity index (χ0) is 16.0. The minimum atomic E-state index is -3.62. The third-order valence-electron chi connectivity index (χ3n) is 3.31. The number of unbranched alkanes of at least 4 members (excludes halogenated alkanes) is 1. The highest BCUT2D eigenvalue weighted by Gasteiger charge is 2.25. The third-order valence-corrected chi connectivity index (χ3v) is 4.69. The van der Waals surface area contributed by atoms with E-state index in [1.54, 1.807) is 0 Å². The van der Waals surface area contributed by atoms with Gasteiger partial charge in [-0.1, -0.05) is 18.5 Å². The van der Waals surface area contributed by atoms with Gasteiger partial charge in [0.05, 0.1) is 13.2 Å². The molecule has 0 bridgehead atoms. The molecule has 0 spiro atoms. The van der Waals surface area contributed by atoms with Gasteiger partial charge in [0, 0.05) is 19.5 Å². The number of hydrogen-bond acceptors (Lipinski definition) is 7. The fraction of sp³-hybridized carbons (Fsp3) is 0.769. The summed E-state index contributed by atoms with van der Waals surface area (Å²) in [6.45, 7) is 3.78. The maximum absolute atomic E-state index is 12.1. The Morgan fingerprint density at radius 2 is 2.05 bits per heavy atom. The molecule has 124 valence electrons. The summed E-state index contributed by atoms with van der Waals surface area (Å²) in [7, 11) is -3.62. The topological polar surface area (TPSA) is 103 Å². The summed E-state index contributed by atoms with van der Waals surface area (Å²) in [5.41, 5.74) is 0. The average molecular weight is 331 g/mol. The van der Waals surface area contributed by atoms with Gasteiger partial charge in [0.2, 0.25) is 11.8 Å². The van der Waals surface area contributed by atoms with E-state index in [9.17, 15) is 13.2 Å². The lowest BCUT2D eigenvalue weighted by Gasteiger charge is -2.26. The molecule has 1 aliphatic heterocycles. The second kappa shape index (κ2) is 7.68. The van der Waals surface area contributed by atoms with Crippen molar-refractivity contribution in [1.29, 1.82) is 0 Å². The number of aryl methyl sites for hydroxylation is 1. The SMILES string of the molecule is CCCCc1noc(CS(=O)(=O)CC(=O)N2CCOCC2)n1. The van der Waals surface area contributed by atoms with Crippen LogP contribution in [0.1, 0.15) is 31.5 Å². The number of rotatable bonds is 7. The van der Waals surface area contributed by atoms with Crippen LogP contribution in [0.5, 0.6) is 0 Å². The molecule has 2 rings (SSSR count). The molecule has 2 heterocycles. The molecule has 9 heteroatoms. The Kier molecular flexibility index (Phi) is 5.90. The second-order valence-electron chi connectivity index (χ2n) is 5.23. The van der Waals surface area contributed by atoms with Crippen LogP contribution in [0.3, 0.4) is 0 Å². The van der Waals surface area contributed by atoms with Crippen molar-refractivity contribution in [3.8, 4) is 0 Å². The molecule has 1 saturated heterocycles. The van der Waals surface area contributed by atoms with Crippen molar-refractivity contribution in [1.82, 2.24) is 15.0 Å². The summed E-state index contributed by atoms with van der Waals surface area (Å²) < 4.78 is 34.2. The summed E-state index contributed by atoms with van der Waals surface area (Å²) >= 11 is 0. The first-order valence-electron chi connectivity index (χ1n) is 7.37. The Balaban J connectivity index is 1.89. The zero-order valence-electron chi connectivity index (χ0n) is 12.7. The lowest BCUT2D eigenvalue weighted by Crippen LogP contribution is -2.43. The van der Waals surface area contributed by atoms with Crippen molar-refractivity contribution in [2.45, 2.75) is 31.9 Å². The smallest absolute Gasteiger partial charge is 0.241 e. The van der Waals surface area contributed by atoms with E-state index in [0.717, 1.165) is 12.8 Å². The van der Waals surface area contributed by atoms with Crippen LogP contribution in [0.15, 0.2) is 4.52 Å². The maximum atomic E-state index is 12.1. The Morgan fingerprint density at radius 3 is 2.73 bits per heavy atom. The molecule has 1 aromatic rings. The number of aromatic nitrogens is 2. The van der Waals surface area contributed by atoms with Crippen molar-refractivity contribution in [3.05, 3.63) is 11.7 Å². The van der Waals surface area contributed by atoms with Crippen LogP contribution < -0.4 is 0 Å². The summed E-state index contributed by atoms with van der Waals surface area (Å²) in [5, 5.41) is 3.74. The Bertz CT molecular complexity index is 593. The van der Waals surface area contributed by atoms with E-state index < -0.39 is 27.3 Å². The summed E-state index contributed by atoms with van der Waals surface area (Å²) in [5.74, 6) is -0.802. The molecule has 8 nitrogen and oxygen atoms in total. The van der Waals surface area contributed by atoms with Crippen molar-refractivity contribution in [3.63, 3.8) is 0 Å². The highest BCUT2D eigenvalue weighted by molar-refractivity contribution is 7.91. The first-order chi connectivity index (χ1) is 10.5. The predicted molar refractivity (Wildman–Crippen MR) is 77.8 cm³/mol. The average Bonchev–Trinajstić information content (AvgIpc) is 2.92. The molecule has 1 fully saturated rings. The van der Waals surface area contributed by atoms with E-state index in [1.165, 1.54) is 4.90 Å². The molecule has 1 aliphatic rings. The highest BCUT2D eigenvalue weighted by atomic mass is 32.2. The number of amides is 1. The molecule has 0 aromatic carbocycles. The van der Waals surface area contributed by atoms with Gasteiger partial charge >= 0.3 is 0 Å². The monoisotopic (exact) mass is 331 g/mol. The maximum Gasteiger partial charge on any atom is 0.241 e. The van der Waals surface area contributed by atoms with Gasteiger partial charge in [-0.15, -0.1) is 0 Å². The van der Waals surface area contributed by atoms with Crippen LogP contribution in [0.25, 0.3) is 0 Å². The van der Waals surface area contributed by atoms with Gasteiger partial charge < -0.3 is 14.2 Å². The van der Waals surface area contributed by atoms with Gasteiger partial charge in [-0.3, -0.25) is 4.79 Å². The van der Waals surface area contributed by atoms with E-state index in [4.69, 9.17) is 9.26 Å². The normalized spacial score (nSPS) is 16.0. The Hall–Kier alpha value is -1.48. The number of ether oxygens (including phenoxy) is 1. The van der Waals surface area contributed by atoms with Gasteiger partial charge in [0.25, 0.3) is 0 Å². The lowest BCUT2D eigenvalue weighted by molar-refractivity contribution is -0.132. The third kappa shape index (κ3) is 5.06. The van der Waals surface area contributed by atoms with Crippen molar-refractivity contribution >= 4 is 15.7 Å². The van der Waals surface area contributed by atoms with Crippen LogP contribution in [0.4, 0.5) is 0 Å². The quantitative estimate of drug-likeness (QED) is 0.702. The number of sulfone groups is 1. The number of carbonyl (C=O) groups excluding carboxylic acids is 1. The molecule has 0 saturated carbocycles. The number of carbonyl (C=O) groups is 1. The fourth-order valence-electron chi connectivity index (χ4n) is 2.12. The van der Waals surface area contributed by atoms with E-state index in [2.05, 4.69) is 10.1 Å². The van der Waals surface area contributed by atoms with E-state index >= 15 is 0 Å². The van der Waals surface area contributed by atoms with E-state index in [1.807, 2.05) is 6.92 Å². The molecule has 0 atom stereocenters. The standard InChI is InChI=1S/C13H21N3O5S/c1-2-3-4-11-14-12(21-15-11)9-22(18,19)10-13(17)16-5-7-20-8-6-16/h2-10H2,1H3. The van der Waals surface area contributed by atoms with E-state index in [-0.39, 0.29) is 5.89 Å². The second-order valence-corrected chi connectivity index (χ2v) is 7.30. The van der Waals surface area contributed by atoms with E-state index in [0.29, 0.717) is 38.5 Å². The van der Waals surface area contributed by atoms with Crippen LogP contribution in [-0.2, 0) is 31.5 Å².